The van der Waals surface area contributed by atoms with Crippen molar-refractivity contribution in [3.63, 3.8) is 0 Å². The number of nitro groups is 1. The molecule has 0 spiro atoms. The quantitative estimate of drug-likeness (QED) is 0.581. The largest absolute Gasteiger partial charge is 0.384 e. The maximum atomic E-state index is 11.9. The molecule has 1 aromatic carbocycles. The summed E-state index contributed by atoms with van der Waals surface area (Å²) in [5.41, 5.74) is 6.05. The lowest BCUT2D eigenvalue weighted by Gasteiger charge is -2.05. The second kappa shape index (κ2) is 5.57. The number of hydrogen-bond acceptors (Lipinski definition) is 5. The van der Waals surface area contributed by atoms with Crippen LogP contribution in [0.25, 0.3) is 0 Å². The van der Waals surface area contributed by atoms with Crippen LogP contribution in [0.2, 0.25) is 5.02 Å². The number of hydrogen-bond donors (Lipinski definition) is 3. The molecule has 20 heavy (non-hydrogen) atoms. The SMILES string of the molecule is Nc1[nH]ncc1CNC(=O)c1cc(Cl)cc([N+](=O)[O-])c1. The molecule has 0 aliphatic carbocycles. The number of halogens is 1. The third-order valence-corrected chi connectivity index (χ3v) is 2.76. The van der Waals surface area contributed by atoms with E-state index in [0.717, 1.165) is 6.07 Å². The summed E-state index contributed by atoms with van der Waals surface area (Å²) in [6, 6.07) is 3.68. The van der Waals surface area contributed by atoms with Gasteiger partial charge in [0.05, 0.1) is 11.1 Å². The van der Waals surface area contributed by atoms with E-state index in [1.54, 1.807) is 0 Å². The molecule has 0 fully saturated rings. The Bertz CT molecular complexity index is 670. The van der Waals surface area contributed by atoms with E-state index >= 15 is 0 Å². The number of carbonyl (C=O) groups is 1. The van der Waals surface area contributed by atoms with Gasteiger partial charge in [-0.3, -0.25) is 20.0 Å². The van der Waals surface area contributed by atoms with Gasteiger partial charge in [0.1, 0.15) is 5.82 Å². The van der Waals surface area contributed by atoms with Gasteiger partial charge in [0.25, 0.3) is 11.6 Å². The maximum absolute atomic E-state index is 11.9. The van der Waals surface area contributed by atoms with Gasteiger partial charge in [0.2, 0.25) is 0 Å². The first-order valence-electron chi connectivity index (χ1n) is 5.48. The van der Waals surface area contributed by atoms with Crippen LogP contribution in [0.4, 0.5) is 11.5 Å². The molecular formula is C11H10ClN5O3. The zero-order chi connectivity index (χ0) is 14.7. The van der Waals surface area contributed by atoms with Gasteiger partial charge in [-0.2, -0.15) is 5.10 Å². The Morgan fingerprint density at radius 3 is 2.85 bits per heavy atom. The zero-order valence-electron chi connectivity index (χ0n) is 10.1. The topological polar surface area (TPSA) is 127 Å². The minimum atomic E-state index is -0.614. The standard InChI is InChI=1S/C11H10ClN5O3/c12-8-1-6(2-9(3-8)17(19)20)11(18)14-4-7-5-15-16-10(7)13/h1-3,5H,4H2,(H,14,18)(H3,13,15,16). The van der Waals surface area contributed by atoms with E-state index < -0.39 is 10.8 Å². The number of non-ortho nitro benzene ring substituents is 1. The van der Waals surface area contributed by atoms with Crippen molar-refractivity contribution in [1.82, 2.24) is 15.5 Å². The second-order valence-corrected chi connectivity index (χ2v) is 4.38. The first-order chi connectivity index (χ1) is 9.47. The number of benzene rings is 1. The van der Waals surface area contributed by atoms with Gasteiger partial charge in [-0.25, -0.2) is 0 Å². The Labute approximate surface area is 118 Å². The molecule has 0 unspecified atom stereocenters. The van der Waals surface area contributed by atoms with Crippen molar-refractivity contribution in [1.29, 1.82) is 0 Å². The van der Waals surface area contributed by atoms with Gasteiger partial charge < -0.3 is 11.1 Å². The molecule has 0 atom stereocenters. The first kappa shape index (κ1) is 13.8. The van der Waals surface area contributed by atoms with Crippen molar-refractivity contribution < 1.29 is 9.72 Å². The third kappa shape index (κ3) is 3.04. The summed E-state index contributed by atoms with van der Waals surface area (Å²) in [6.07, 6.45) is 1.48. The Balaban J connectivity index is 2.13. The fourth-order valence-electron chi connectivity index (χ4n) is 1.55. The van der Waals surface area contributed by atoms with Crippen molar-refractivity contribution in [3.8, 4) is 0 Å². The lowest BCUT2D eigenvalue weighted by atomic mass is 10.2. The van der Waals surface area contributed by atoms with Crippen molar-refractivity contribution in [2.45, 2.75) is 6.54 Å². The number of aromatic amines is 1. The molecule has 0 saturated carbocycles. The molecular weight excluding hydrogens is 286 g/mol. The Hall–Kier alpha value is -2.61. The average Bonchev–Trinajstić information content (AvgIpc) is 2.80. The van der Waals surface area contributed by atoms with Crippen LogP contribution in [0.15, 0.2) is 24.4 Å². The van der Waals surface area contributed by atoms with Gasteiger partial charge in [-0.15, -0.1) is 0 Å². The number of nitro benzene ring substituents is 1. The normalized spacial score (nSPS) is 10.2. The average molecular weight is 296 g/mol. The number of aromatic nitrogens is 2. The molecule has 0 aliphatic heterocycles. The number of nitrogens with two attached hydrogens (primary N) is 1. The van der Waals surface area contributed by atoms with Crippen LogP contribution in [0.3, 0.4) is 0 Å². The minimum Gasteiger partial charge on any atom is -0.384 e. The first-order valence-corrected chi connectivity index (χ1v) is 5.86. The molecule has 0 bridgehead atoms. The number of H-pyrrole nitrogens is 1. The summed E-state index contributed by atoms with van der Waals surface area (Å²) in [5, 5.41) is 19.6. The van der Waals surface area contributed by atoms with Crippen molar-refractivity contribution in [2.75, 3.05) is 5.73 Å². The third-order valence-electron chi connectivity index (χ3n) is 2.55. The van der Waals surface area contributed by atoms with E-state index in [1.165, 1.54) is 18.3 Å². The maximum Gasteiger partial charge on any atom is 0.271 e. The molecule has 2 aromatic rings. The monoisotopic (exact) mass is 295 g/mol. The predicted octanol–water partition coefficient (Wildman–Crippen LogP) is 1.48. The van der Waals surface area contributed by atoms with Crippen molar-refractivity contribution in [2.24, 2.45) is 0 Å². The Morgan fingerprint density at radius 2 is 2.25 bits per heavy atom. The van der Waals surface area contributed by atoms with E-state index in [2.05, 4.69) is 15.5 Å². The van der Waals surface area contributed by atoms with Gasteiger partial charge in [0, 0.05) is 34.8 Å². The highest BCUT2D eigenvalue weighted by Gasteiger charge is 2.14. The number of rotatable bonds is 4. The lowest BCUT2D eigenvalue weighted by molar-refractivity contribution is -0.384. The summed E-state index contributed by atoms with van der Waals surface area (Å²) >= 11 is 5.74. The molecule has 4 N–H and O–H groups in total. The summed E-state index contributed by atoms with van der Waals surface area (Å²) in [5.74, 6) is -0.140. The summed E-state index contributed by atoms with van der Waals surface area (Å²) < 4.78 is 0. The fraction of sp³-hybridized carbons (Fsp3) is 0.0909. The molecule has 2 rings (SSSR count). The van der Waals surface area contributed by atoms with Crippen LogP contribution >= 0.6 is 11.6 Å². The second-order valence-electron chi connectivity index (χ2n) is 3.95. The number of nitrogen functional groups attached to an aromatic ring is 1. The van der Waals surface area contributed by atoms with Gasteiger partial charge in [-0.1, -0.05) is 11.6 Å². The molecule has 104 valence electrons. The molecule has 0 aliphatic rings. The van der Waals surface area contributed by atoms with E-state index in [4.69, 9.17) is 17.3 Å². The Morgan fingerprint density at radius 1 is 1.50 bits per heavy atom. The number of amides is 1. The Kier molecular flexibility index (Phi) is 3.85. The van der Waals surface area contributed by atoms with Crippen LogP contribution in [-0.2, 0) is 6.54 Å². The predicted molar refractivity (Wildman–Crippen MR) is 72.3 cm³/mol. The fourth-order valence-corrected chi connectivity index (χ4v) is 1.78. The highest BCUT2D eigenvalue weighted by molar-refractivity contribution is 6.31. The molecule has 1 amide bonds. The number of nitrogens with zero attached hydrogens (tertiary/aromatic N) is 2. The lowest BCUT2D eigenvalue weighted by Crippen LogP contribution is -2.23. The summed E-state index contributed by atoms with van der Waals surface area (Å²) in [7, 11) is 0. The van der Waals surface area contributed by atoms with Gasteiger partial charge >= 0.3 is 0 Å². The van der Waals surface area contributed by atoms with Crippen molar-refractivity contribution >= 4 is 29.0 Å². The number of carbonyl (C=O) groups excluding carboxylic acids is 1. The van der Waals surface area contributed by atoms with Crippen molar-refractivity contribution in [3.05, 3.63) is 50.7 Å². The summed E-state index contributed by atoms with van der Waals surface area (Å²) in [4.78, 5) is 22.0. The molecule has 9 heteroatoms. The minimum absolute atomic E-state index is 0.103. The smallest absolute Gasteiger partial charge is 0.271 e. The van der Waals surface area contributed by atoms with Gasteiger partial charge in [0.15, 0.2) is 0 Å². The summed E-state index contributed by atoms with van der Waals surface area (Å²) in [6.45, 7) is 0.154. The van der Waals surface area contributed by atoms with Crippen LogP contribution in [0.5, 0.6) is 0 Å². The molecule has 1 heterocycles. The van der Waals surface area contributed by atoms with E-state index in [1.807, 2.05) is 0 Å². The van der Waals surface area contributed by atoms with E-state index in [-0.39, 0.29) is 22.8 Å². The highest BCUT2D eigenvalue weighted by atomic mass is 35.5. The van der Waals surface area contributed by atoms with Crippen LogP contribution in [0.1, 0.15) is 15.9 Å². The van der Waals surface area contributed by atoms with Crippen LogP contribution in [0, 0.1) is 10.1 Å². The molecule has 0 saturated heterocycles. The highest BCUT2D eigenvalue weighted by Crippen LogP contribution is 2.21. The molecule has 1 aromatic heterocycles. The van der Waals surface area contributed by atoms with E-state index in [0.29, 0.717) is 11.4 Å². The van der Waals surface area contributed by atoms with Gasteiger partial charge in [-0.05, 0) is 6.07 Å². The van der Waals surface area contributed by atoms with E-state index in [9.17, 15) is 14.9 Å². The number of anilines is 1. The van der Waals surface area contributed by atoms with Crippen LogP contribution < -0.4 is 11.1 Å². The molecule has 8 nitrogen and oxygen atoms in total. The molecule has 0 radical (unpaired) electrons. The number of nitrogens with one attached hydrogen (secondary N) is 2. The van der Waals surface area contributed by atoms with Crippen LogP contribution in [-0.4, -0.2) is 21.0 Å². The zero-order valence-corrected chi connectivity index (χ0v) is 10.8.